The normalized spacial score (nSPS) is 16.8. The zero-order chi connectivity index (χ0) is 16.0. The van der Waals surface area contributed by atoms with Gasteiger partial charge in [-0.05, 0) is 30.5 Å². The van der Waals surface area contributed by atoms with Crippen molar-refractivity contribution in [1.82, 2.24) is 5.32 Å². The van der Waals surface area contributed by atoms with Gasteiger partial charge in [-0.3, -0.25) is 9.59 Å². The van der Waals surface area contributed by atoms with Gasteiger partial charge in [-0.25, -0.2) is 0 Å². The maximum atomic E-state index is 12.7. The van der Waals surface area contributed by atoms with Crippen molar-refractivity contribution < 1.29 is 19.1 Å². The molecule has 0 saturated carbocycles. The van der Waals surface area contributed by atoms with E-state index in [0.29, 0.717) is 31.1 Å². The van der Waals surface area contributed by atoms with Crippen molar-refractivity contribution in [2.24, 2.45) is 0 Å². The van der Waals surface area contributed by atoms with Crippen LogP contribution >= 0.6 is 11.6 Å². The summed E-state index contributed by atoms with van der Waals surface area (Å²) in [6.07, 6.45) is 1.38. The number of benzene rings is 1. The molecule has 6 heteroatoms. The first-order chi connectivity index (χ1) is 10.6. The molecular weight excluding hydrogens is 306 g/mol. The number of ether oxygens (including phenoxy) is 2. The summed E-state index contributed by atoms with van der Waals surface area (Å²) in [7, 11) is 1.33. The smallest absolute Gasteiger partial charge is 0.307 e. The van der Waals surface area contributed by atoms with Crippen molar-refractivity contribution in [2.75, 3.05) is 26.9 Å². The van der Waals surface area contributed by atoms with Crippen LogP contribution in [0.3, 0.4) is 0 Å². The Morgan fingerprint density at radius 2 is 1.91 bits per heavy atom. The van der Waals surface area contributed by atoms with Crippen LogP contribution in [0.5, 0.6) is 0 Å². The number of amides is 1. The first-order valence-electron chi connectivity index (χ1n) is 7.27. The van der Waals surface area contributed by atoms with Gasteiger partial charge in [0.1, 0.15) is 0 Å². The third-order valence-electron chi connectivity index (χ3n) is 4.02. The van der Waals surface area contributed by atoms with E-state index >= 15 is 0 Å². The van der Waals surface area contributed by atoms with Crippen molar-refractivity contribution in [3.05, 3.63) is 34.9 Å². The molecule has 2 rings (SSSR count). The lowest BCUT2D eigenvalue weighted by Gasteiger charge is -2.36. The van der Waals surface area contributed by atoms with E-state index in [0.717, 1.165) is 5.56 Å². The van der Waals surface area contributed by atoms with E-state index in [9.17, 15) is 9.59 Å². The summed E-state index contributed by atoms with van der Waals surface area (Å²) >= 11 is 5.93. The predicted molar refractivity (Wildman–Crippen MR) is 82.8 cm³/mol. The molecule has 1 aromatic carbocycles. The van der Waals surface area contributed by atoms with Crippen LogP contribution < -0.4 is 5.32 Å². The van der Waals surface area contributed by atoms with Crippen LogP contribution in [0.4, 0.5) is 0 Å². The van der Waals surface area contributed by atoms with Crippen molar-refractivity contribution in [2.45, 2.75) is 24.7 Å². The summed E-state index contributed by atoms with van der Waals surface area (Å²) in [5.74, 6) is -0.421. The zero-order valence-corrected chi connectivity index (χ0v) is 13.3. The molecule has 0 atom stereocenters. The van der Waals surface area contributed by atoms with Crippen LogP contribution in [0.1, 0.15) is 24.8 Å². The quantitative estimate of drug-likeness (QED) is 0.842. The second-order valence-corrected chi connectivity index (χ2v) is 5.72. The van der Waals surface area contributed by atoms with Gasteiger partial charge in [-0.2, -0.15) is 0 Å². The van der Waals surface area contributed by atoms with E-state index in [1.807, 2.05) is 12.1 Å². The SMILES string of the molecule is COC(=O)CCNC(=O)C1(c2ccc(Cl)cc2)CCOCC1. The van der Waals surface area contributed by atoms with E-state index in [4.69, 9.17) is 16.3 Å². The van der Waals surface area contributed by atoms with Crippen molar-refractivity contribution in [3.8, 4) is 0 Å². The standard InChI is InChI=1S/C16H20ClNO4/c1-21-14(19)6-9-18-15(20)16(7-10-22-11-8-16)12-2-4-13(17)5-3-12/h2-5H,6-11H2,1H3,(H,18,20). The maximum Gasteiger partial charge on any atom is 0.307 e. The molecule has 0 spiro atoms. The molecule has 0 unspecified atom stereocenters. The van der Waals surface area contributed by atoms with E-state index in [1.165, 1.54) is 7.11 Å². The molecule has 1 fully saturated rings. The van der Waals surface area contributed by atoms with Gasteiger partial charge in [0.05, 0.1) is 18.9 Å². The number of hydrogen-bond donors (Lipinski definition) is 1. The molecule has 0 radical (unpaired) electrons. The monoisotopic (exact) mass is 325 g/mol. The number of carbonyl (C=O) groups excluding carboxylic acids is 2. The molecular formula is C16H20ClNO4. The molecule has 5 nitrogen and oxygen atoms in total. The van der Waals surface area contributed by atoms with Crippen molar-refractivity contribution in [3.63, 3.8) is 0 Å². The molecule has 22 heavy (non-hydrogen) atoms. The van der Waals surface area contributed by atoms with Crippen LogP contribution in [0.25, 0.3) is 0 Å². The Morgan fingerprint density at radius 1 is 1.27 bits per heavy atom. The average Bonchev–Trinajstić information content (AvgIpc) is 2.55. The van der Waals surface area contributed by atoms with Gasteiger partial charge in [0, 0.05) is 24.8 Å². The fourth-order valence-corrected chi connectivity index (χ4v) is 2.81. The zero-order valence-electron chi connectivity index (χ0n) is 12.6. The van der Waals surface area contributed by atoms with Crippen molar-refractivity contribution in [1.29, 1.82) is 0 Å². The molecule has 1 aliphatic rings. The highest BCUT2D eigenvalue weighted by Crippen LogP contribution is 2.35. The third kappa shape index (κ3) is 3.78. The van der Waals surface area contributed by atoms with Gasteiger partial charge in [-0.1, -0.05) is 23.7 Å². The molecule has 0 aliphatic carbocycles. The van der Waals surface area contributed by atoms with Crippen molar-refractivity contribution >= 4 is 23.5 Å². The topological polar surface area (TPSA) is 64.6 Å². The first kappa shape index (κ1) is 16.8. The lowest BCUT2D eigenvalue weighted by molar-refractivity contribution is -0.140. The Kier molecular flexibility index (Phi) is 5.80. The maximum absolute atomic E-state index is 12.7. The second kappa shape index (κ2) is 7.61. The predicted octanol–water partition coefficient (Wildman–Crippen LogP) is 2.07. The molecule has 1 amide bonds. The lowest BCUT2D eigenvalue weighted by Crippen LogP contribution is -2.48. The molecule has 120 valence electrons. The van der Waals surface area contributed by atoms with Gasteiger partial charge in [0.2, 0.25) is 5.91 Å². The minimum absolute atomic E-state index is 0.0815. The largest absolute Gasteiger partial charge is 0.469 e. The van der Waals surface area contributed by atoms with Gasteiger partial charge in [0.25, 0.3) is 0 Å². The third-order valence-corrected chi connectivity index (χ3v) is 4.27. The number of nitrogens with one attached hydrogen (secondary N) is 1. The van der Waals surface area contributed by atoms with Crippen LogP contribution in [0.2, 0.25) is 5.02 Å². The summed E-state index contributed by atoms with van der Waals surface area (Å²) < 4.78 is 9.98. The highest BCUT2D eigenvalue weighted by molar-refractivity contribution is 6.30. The summed E-state index contributed by atoms with van der Waals surface area (Å²) in [6.45, 7) is 1.34. The first-order valence-corrected chi connectivity index (χ1v) is 7.65. The number of carbonyl (C=O) groups is 2. The molecule has 1 saturated heterocycles. The van der Waals surface area contributed by atoms with E-state index in [-0.39, 0.29) is 24.8 Å². The van der Waals surface area contributed by atoms with Crippen LogP contribution in [0, 0.1) is 0 Å². The van der Waals surface area contributed by atoms with Gasteiger partial charge in [-0.15, -0.1) is 0 Å². The molecule has 1 aliphatic heterocycles. The molecule has 0 aromatic heterocycles. The number of rotatable bonds is 5. The molecule has 1 heterocycles. The Bertz CT molecular complexity index is 523. The Labute approximate surface area is 134 Å². The second-order valence-electron chi connectivity index (χ2n) is 5.28. The molecule has 0 bridgehead atoms. The van der Waals surface area contributed by atoms with E-state index < -0.39 is 5.41 Å². The van der Waals surface area contributed by atoms with Gasteiger partial charge >= 0.3 is 5.97 Å². The number of halogens is 1. The Balaban J connectivity index is 2.13. The highest BCUT2D eigenvalue weighted by atomic mass is 35.5. The highest BCUT2D eigenvalue weighted by Gasteiger charge is 2.41. The van der Waals surface area contributed by atoms with Gasteiger partial charge in [0.15, 0.2) is 0 Å². The average molecular weight is 326 g/mol. The summed E-state index contributed by atoms with van der Waals surface area (Å²) in [5, 5.41) is 3.48. The summed E-state index contributed by atoms with van der Waals surface area (Å²) in [6, 6.07) is 7.34. The van der Waals surface area contributed by atoms with E-state index in [1.54, 1.807) is 12.1 Å². The minimum atomic E-state index is -0.626. The molecule has 1 aromatic rings. The Hall–Kier alpha value is -1.59. The number of esters is 1. The number of methoxy groups -OCH3 is 1. The fraction of sp³-hybridized carbons (Fsp3) is 0.500. The summed E-state index contributed by atoms with van der Waals surface area (Å²) in [5.41, 5.74) is 0.301. The van der Waals surface area contributed by atoms with E-state index in [2.05, 4.69) is 10.1 Å². The van der Waals surface area contributed by atoms with Crippen LogP contribution in [-0.2, 0) is 24.5 Å². The minimum Gasteiger partial charge on any atom is -0.469 e. The molecule has 1 N–H and O–H groups in total. The number of hydrogen-bond acceptors (Lipinski definition) is 4. The van der Waals surface area contributed by atoms with Crippen LogP contribution in [-0.4, -0.2) is 38.7 Å². The van der Waals surface area contributed by atoms with Gasteiger partial charge < -0.3 is 14.8 Å². The lowest BCUT2D eigenvalue weighted by atomic mass is 9.73. The van der Waals surface area contributed by atoms with Crippen LogP contribution in [0.15, 0.2) is 24.3 Å². The summed E-state index contributed by atoms with van der Waals surface area (Å²) in [4.78, 5) is 23.9. The fourth-order valence-electron chi connectivity index (χ4n) is 2.68. The Morgan fingerprint density at radius 3 is 2.50 bits per heavy atom.